The van der Waals surface area contributed by atoms with Crippen LogP contribution in [-0.4, -0.2) is 9.13 Å². The average molecular weight is 477 g/mol. The van der Waals surface area contributed by atoms with Crippen LogP contribution < -0.4 is 0 Å². The lowest BCUT2D eigenvalue weighted by Crippen LogP contribution is -2.03. The van der Waals surface area contributed by atoms with Crippen LogP contribution in [0, 0.1) is 0 Å². The number of benzene rings is 5. The summed E-state index contributed by atoms with van der Waals surface area (Å²) in [6.45, 7) is 0. The Hall–Kier alpha value is -4.30. The van der Waals surface area contributed by atoms with E-state index in [1.165, 1.54) is 86.1 Å². The number of aromatic nitrogens is 2. The summed E-state index contributed by atoms with van der Waals surface area (Å²) in [6, 6.07) is 43.0. The van der Waals surface area contributed by atoms with Gasteiger partial charge < -0.3 is 9.13 Å². The van der Waals surface area contributed by atoms with Crippen LogP contribution in [-0.2, 0) is 0 Å². The molecule has 1 aliphatic carbocycles. The summed E-state index contributed by atoms with van der Waals surface area (Å²) < 4.78 is 5.03. The number of fused-ring (bicyclic) bond motifs is 6. The Balaban J connectivity index is 1.42. The predicted octanol–water partition coefficient (Wildman–Crippen LogP) is 9.67. The van der Waals surface area contributed by atoms with Gasteiger partial charge in [-0.2, -0.15) is 0 Å². The molecule has 0 spiro atoms. The van der Waals surface area contributed by atoms with Crippen LogP contribution in [0.4, 0.5) is 0 Å². The quantitative estimate of drug-likeness (QED) is 0.240. The highest BCUT2D eigenvalue weighted by Gasteiger charge is 2.23. The second-order valence-corrected chi connectivity index (χ2v) is 10.4. The highest BCUT2D eigenvalue weighted by atomic mass is 15.0. The Morgan fingerprint density at radius 3 is 2.03 bits per heavy atom. The molecule has 2 aromatic heterocycles. The zero-order chi connectivity index (χ0) is 24.3. The maximum Gasteiger partial charge on any atom is 0.0541 e. The van der Waals surface area contributed by atoms with Gasteiger partial charge in [0.1, 0.15) is 0 Å². The molecule has 1 saturated carbocycles. The molecule has 0 atom stereocenters. The largest absolute Gasteiger partial charge is 0.337 e. The molecule has 5 aromatic carbocycles. The number of hydrogen-bond acceptors (Lipinski definition) is 0. The lowest BCUT2D eigenvalue weighted by molar-refractivity contribution is 0.550. The van der Waals surface area contributed by atoms with Gasteiger partial charge in [-0.15, -0.1) is 0 Å². The summed E-state index contributed by atoms with van der Waals surface area (Å²) in [5.41, 5.74) is 9.04. The third-order valence-corrected chi connectivity index (χ3v) is 8.42. The Labute approximate surface area is 216 Å². The second kappa shape index (κ2) is 8.11. The van der Waals surface area contributed by atoms with Gasteiger partial charge in [-0.1, -0.05) is 85.6 Å². The number of rotatable bonds is 3. The van der Waals surface area contributed by atoms with Crippen LogP contribution in [0.2, 0.25) is 0 Å². The number of hydrogen-bond donors (Lipinski definition) is 0. The van der Waals surface area contributed by atoms with Crippen LogP contribution in [0.3, 0.4) is 0 Å². The summed E-state index contributed by atoms with van der Waals surface area (Å²) >= 11 is 0. The Morgan fingerprint density at radius 1 is 0.514 bits per heavy atom. The molecular formula is C35H28N2. The van der Waals surface area contributed by atoms with Crippen molar-refractivity contribution in [3.8, 4) is 16.8 Å². The van der Waals surface area contributed by atoms with E-state index in [0.717, 1.165) is 0 Å². The molecule has 0 amide bonds. The molecule has 0 saturated heterocycles. The minimum atomic E-state index is 0.601. The summed E-state index contributed by atoms with van der Waals surface area (Å²) in [5.74, 6) is 0. The van der Waals surface area contributed by atoms with Crippen LogP contribution >= 0.6 is 0 Å². The summed E-state index contributed by atoms with van der Waals surface area (Å²) in [6.07, 6.45) is 5.23. The van der Waals surface area contributed by atoms with Gasteiger partial charge in [-0.25, -0.2) is 0 Å². The fraction of sp³-hybridized carbons (Fsp3) is 0.143. The molecule has 2 heteroatoms. The zero-order valence-corrected chi connectivity index (χ0v) is 20.8. The Bertz CT molecular complexity index is 1930. The van der Waals surface area contributed by atoms with E-state index in [4.69, 9.17) is 0 Å². The fourth-order valence-electron chi connectivity index (χ4n) is 6.84. The Morgan fingerprint density at radius 2 is 1.19 bits per heavy atom. The molecule has 0 aliphatic heterocycles. The minimum absolute atomic E-state index is 0.601. The molecule has 37 heavy (non-hydrogen) atoms. The monoisotopic (exact) mass is 476 g/mol. The molecule has 178 valence electrons. The van der Waals surface area contributed by atoms with Gasteiger partial charge in [0.15, 0.2) is 0 Å². The molecule has 2 nitrogen and oxygen atoms in total. The third-order valence-electron chi connectivity index (χ3n) is 8.42. The van der Waals surface area contributed by atoms with Gasteiger partial charge in [0.05, 0.1) is 11.0 Å². The molecule has 0 bridgehead atoms. The molecular weight excluding hydrogens is 448 g/mol. The van der Waals surface area contributed by atoms with Crippen molar-refractivity contribution in [2.24, 2.45) is 0 Å². The summed E-state index contributed by atoms with van der Waals surface area (Å²) in [4.78, 5) is 0. The van der Waals surface area contributed by atoms with Gasteiger partial charge in [-0.05, 0) is 66.4 Å². The first-order chi connectivity index (χ1) is 18.4. The van der Waals surface area contributed by atoms with Crippen molar-refractivity contribution in [1.29, 1.82) is 0 Å². The predicted molar refractivity (Wildman–Crippen MR) is 157 cm³/mol. The Kier molecular flexibility index (Phi) is 4.57. The molecule has 7 aromatic rings. The van der Waals surface area contributed by atoms with Gasteiger partial charge >= 0.3 is 0 Å². The minimum Gasteiger partial charge on any atom is -0.337 e. The first-order valence-electron chi connectivity index (χ1n) is 13.5. The highest BCUT2D eigenvalue weighted by molar-refractivity contribution is 6.16. The van der Waals surface area contributed by atoms with Crippen molar-refractivity contribution in [1.82, 2.24) is 9.13 Å². The second-order valence-electron chi connectivity index (χ2n) is 10.4. The fourth-order valence-corrected chi connectivity index (χ4v) is 6.84. The lowest BCUT2D eigenvalue weighted by Gasteiger charge is -2.15. The van der Waals surface area contributed by atoms with Crippen molar-refractivity contribution >= 4 is 43.6 Å². The van der Waals surface area contributed by atoms with Crippen molar-refractivity contribution in [3.05, 3.63) is 115 Å². The van der Waals surface area contributed by atoms with E-state index < -0.39 is 0 Å². The summed E-state index contributed by atoms with van der Waals surface area (Å²) in [5, 5.41) is 5.35. The number of para-hydroxylation sites is 3. The molecule has 0 unspecified atom stereocenters. The maximum atomic E-state index is 2.64. The lowest BCUT2D eigenvalue weighted by atomic mass is 9.98. The van der Waals surface area contributed by atoms with E-state index in [-0.39, 0.29) is 0 Å². The first kappa shape index (κ1) is 20.8. The number of nitrogens with zero attached hydrogens (tertiary/aromatic N) is 2. The van der Waals surface area contributed by atoms with Crippen LogP contribution in [0.15, 0.2) is 115 Å². The SMILES string of the molecule is c1ccc(-n2c3ccccc3c3cc(-c4cccc5c4c4ccccc4n5C4CCCC4)ccc32)cc1. The summed E-state index contributed by atoms with van der Waals surface area (Å²) in [7, 11) is 0. The van der Waals surface area contributed by atoms with E-state index in [1.807, 2.05) is 0 Å². The van der Waals surface area contributed by atoms with E-state index in [2.05, 4.69) is 124 Å². The molecule has 0 radical (unpaired) electrons. The van der Waals surface area contributed by atoms with E-state index in [1.54, 1.807) is 0 Å². The van der Waals surface area contributed by atoms with E-state index in [0.29, 0.717) is 6.04 Å². The smallest absolute Gasteiger partial charge is 0.0541 e. The molecule has 1 fully saturated rings. The van der Waals surface area contributed by atoms with Gasteiger partial charge in [-0.3, -0.25) is 0 Å². The van der Waals surface area contributed by atoms with Crippen molar-refractivity contribution in [2.75, 3.05) is 0 Å². The van der Waals surface area contributed by atoms with Crippen molar-refractivity contribution in [2.45, 2.75) is 31.7 Å². The van der Waals surface area contributed by atoms with E-state index in [9.17, 15) is 0 Å². The average Bonchev–Trinajstić information content (AvgIpc) is 3.68. The molecule has 2 heterocycles. The topological polar surface area (TPSA) is 9.86 Å². The van der Waals surface area contributed by atoms with Crippen molar-refractivity contribution in [3.63, 3.8) is 0 Å². The highest BCUT2D eigenvalue weighted by Crippen LogP contribution is 2.43. The third kappa shape index (κ3) is 3.05. The van der Waals surface area contributed by atoms with Crippen LogP contribution in [0.1, 0.15) is 31.7 Å². The van der Waals surface area contributed by atoms with Crippen LogP contribution in [0.25, 0.3) is 60.4 Å². The normalized spacial score (nSPS) is 14.5. The van der Waals surface area contributed by atoms with Crippen molar-refractivity contribution < 1.29 is 0 Å². The molecule has 0 N–H and O–H groups in total. The van der Waals surface area contributed by atoms with Crippen LogP contribution in [0.5, 0.6) is 0 Å². The van der Waals surface area contributed by atoms with Gasteiger partial charge in [0, 0.05) is 44.3 Å². The zero-order valence-electron chi connectivity index (χ0n) is 20.8. The van der Waals surface area contributed by atoms with Gasteiger partial charge in [0.2, 0.25) is 0 Å². The maximum absolute atomic E-state index is 2.64. The first-order valence-corrected chi connectivity index (χ1v) is 13.5. The molecule has 1 aliphatic rings. The van der Waals surface area contributed by atoms with E-state index >= 15 is 0 Å². The molecule has 8 rings (SSSR count). The van der Waals surface area contributed by atoms with Gasteiger partial charge in [0.25, 0.3) is 0 Å². The standard InChI is InChI=1S/C35H28N2/c1-2-11-25(12-3-1)36-31-18-8-6-15-28(31)30-23-24(21-22-33(30)36)27-17-10-20-34-35(27)29-16-7-9-19-32(29)37(34)26-13-4-5-14-26/h1-3,6-12,15-23,26H,4-5,13-14H2.